The molecule has 2 aliphatic rings. The standard InChI is InChI=1S/C17H21N5O2S.2C2HF3O2/c1-2-22-9-14-15(10-22)25(23,24)11-13-8-20-17(21-16(13)14)19-7-12-4-3-5-18-6-12;2*3-2(4,5)1(6)7/h3-6,8,14-15H,2,7,9-11H2,1H3,(H,19,20,21);2*(H,6,7)/t14-,15+;;/m0../s1. The third-order valence-electron chi connectivity index (χ3n) is 5.51. The highest BCUT2D eigenvalue weighted by atomic mass is 32.2. The number of carbonyl (C=O) groups is 2. The van der Waals surface area contributed by atoms with Crippen LogP contribution < -0.4 is 5.32 Å². The van der Waals surface area contributed by atoms with Crippen molar-refractivity contribution in [3.05, 3.63) is 47.5 Å². The van der Waals surface area contributed by atoms with Crippen molar-refractivity contribution in [3.8, 4) is 0 Å². The van der Waals surface area contributed by atoms with Gasteiger partial charge in [-0.05, 0) is 18.2 Å². The van der Waals surface area contributed by atoms with E-state index in [2.05, 4.69) is 32.1 Å². The van der Waals surface area contributed by atoms with Crippen LogP contribution in [0.5, 0.6) is 0 Å². The highest BCUT2D eigenvalue weighted by molar-refractivity contribution is 7.91. The topological polar surface area (TPSA) is 163 Å². The van der Waals surface area contributed by atoms with Crippen LogP contribution in [0.15, 0.2) is 30.7 Å². The Morgan fingerprint density at radius 2 is 1.67 bits per heavy atom. The number of carboxylic acids is 2. The first-order valence-electron chi connectivity index (χ1n) is 11.0. The van der Waals surface area contributed by atoms with Crippen molar-refractivity contribution in [1.82, 2.24) is 19.9 Å². The number of rotatable bonds is 4. The number of halogens is 6. The van der Waals surface area contributed by atoms with Crippen LogP contribution in [0.4, 0.5) is 32.3 Å². The Morgan fingerprint density at radius 1 is 1.08 bits per heavy atom. The summed E-state index contributed by atoms with van der Waals surface area (Å²) in [6.45, 7) is 4.85. The minimum Gasteiger partial charge on any atom is -0.475 e. The minimum absolute atomic E-state index is 0.0456. The zero-order valence-corrected chi connectivity index (χ0v) is 20.9. The molecule has 0 bridgehead atoms. The van der Waals surface area contributed by atoms with Gasteiger partial charge in [0.25, 0.3) is 0 Å². The lowest BCUT2D eigenvalue weighted by molar-refractivity contribution is -0.193. The van der Waals surface area contributed by atoms with E-state index in [4.69, 9.17) is 19.8 Å². The van der Waals surface area contributed by atoms with Gasteiger partial charge in [0.05, 0.1) is 16.7 Å². The number of carboxylic acid groups (broad SMARTS) is 2. The Balaban J connectivity index is 0.000000317. The monoisotopic (exact) mass is 587 g/mol. The molecule has 0 aliphatic carbocycles. The molecule has 216 valence electrons. The van der Waals surface area contributed by atoms with Crippen molar-refractivity contribution in [1.29, 1.82) is 0 Å². The summed E-state index contributed by atoms with van der Waals surface area (Å²) >= 11 is 0. The van der Waals surface area contributed by atoms with Crippen molar-refractivity contribution in [3.63, 3.8) is 0 Å². The number of alkyl halides is 6. The predicted octanol–water partition coefficient (Wildman–Crippen LogP) is 2.47. The molecule has 0 spiro atoms. The number of likely N-dealkylation sites (tertiary alicyclic amines) is 1. The summed E-state index contributed by atoms with van der Waals surface area (Å²) in [6, 6.07) is 3.87. The number of hydrogen-bond donors (Lipinski definition) is 3. The van der Waals surface area contributed by atoms with Crippen LogP contribution in [-0.4, -0.2) is 87.7 Å². The van der Waals surface area contributed by atoms with Gasteiger partial charge in [0.2, 0.25) is 5.95 Å². The highest BCUT2D eigenvalue weighted by Gasteiger charge is 2.47. The Kier molecular flexibility index (Phi) is 10.2. The van der Waals surface area contributed by atoms with Gasteiger partial charge in [-0.15, -0.1) is 0 Å². The molecule has 2 aliphatic heterocycles. The van der Waals surface area contributed by atoms with E-state index in [9.17, 15) is 34.8 Å². The minimum atomic E-state index is -5.08. The fraction of sp³-hybridized carbons (Fsp3) is 0.476. The number of sulfone groups is 1. The van der Waals surface area contributed by atoms with E-state index in [1.54, 1.807) is 18.6 Å². The first-order chi connectivity index (χ1) is 18.0. The first-order valence-corrected chi connectivity index (χ1v) is 12.7. The van der Waals surface area contributed by atoms with Gasteiger partial charge in [0.1, 0.15) is 0 Å². The van der Waals surface area contributed by atoms with E-state index in [1.807, 2.05) is 12.1 Å². The van der Waals surface area contributed by atoms with Crippen molar-refractivity contribution < 1.29 is 54.6 Å². The zero-order valence-electron chi connectivity index (χ0n) is 20.1. The van der Waals surface area contributed by atoms with Gasteiger partial charge >= 0.3 is 24.3 Å². The molecule has 2 aromatic heterocycles. The lowest BCUT2D eigenvalue weighted by Crippen LogP contribution is -2.35. The molecule has 11 nitrogen and oxygen atoms in total. The Bertz CT molecular complexity index is 1240. The van der Waals surface area contributed by atoms with Crippen LogP contribution in [0.2, 0.25) is 0 Å². The number of aromatic nitrogens is 3. The maximum absolute atomic E-state index is 12.6. The summed E-state index contributed by atoms with van der Waals surface area (Å²) in [7, 11) is -3.14. The van der Waals surface area contributed by atoms with Crippen LogP contribution in [0.25, 0.3) is 0 Å². The van der Waals surface area contributed by atoms with E-state index in [1.165, 1.54) is 0 Å². The third kappa shape index (κ3) is 9.02. The van der Waals surface area contributed by atoms with Crippen LogP contribution >= 0.6 is 0 Å². The quantitative estimate of drug-likeness (QED) is 0.451. The summed E-state index contributed by atoms with van der Waals surface area (Å²) in [5.74, 6) is -4.99. The third-order valence-corrected chi connectivity index (χ3v) is 7.63. The molecule has 4 rings (SSSR count). The van der Waals surface area contributed by atoms with Gasteiger partial charge in [-0.2, -0.15) is 26.3 Å². The number of likely N-dealkylation sites (N-methyl/N-ethyl adjacent to an activating group) is 1. The van der Waals surface area contributed by atoms with E-state index < -0.39 is 34.1 Å². The van der Waals surface area contributed by atoms with E-state index in [-0.39, 0.29) is 16.9 Å². The van der Waals surface area contributed by atoms with Crippen molar-refractivity contribution >= 4 is 27.7 Å². The maximum atomic E-state index is 12.6. The molecule has 4 heterocycles. The molecule has 0 unspecified atom stereocenters. The van der Waals surface area contributed by atoms with Gasteiger partial charge in [-0.3, -0.25) is 4.98 Å². The molecule has 1 saturated heterocycles. The van der Waals surface area contributed by atoms with Gasteiger partial charge in [-0.1, -0.05) is 13.0 Å². The van der Waals surface area contributed by atoms with Crippen LogP contribution in [0, 0.1) is 0 Å². The van der Waals surface area contributed by atoms with Crippen LogP contribution in [-0.2, 0) is 31.7 Å². The molecule has 18 heteroatoms. The smallest absolute Gasteiger partial charge is 0.475 e. The van der Waals surface area contributed by atoms with Crippen molar-refractivity contribution in [2.45, 2.75) is 42.7 Å². The average molecular weight is 587 g/mol. The fourth-order valence-electron chi connectivity index (χ4n) is 3.68. The Labute approximate surface area is 217 Å². The molecule has 0 aromatic carbocycles. The number of hydrogen-bond acceptors (Lipinski definition) is 9. The first kappa shape index (κ1) is 31.7. The molecule has 1 fully saturated rings. The summed E-state index contributed by atoms with van der Waals surface area (Å²) in [5, 5.41) is 17.1. The number of fused-ring (bicyclic) bond motifs is 3. The molecule has 0 radical (unpaired) electrons. The number of pyridine rings is 1. The molecule has 3 N–H and O–H groups in total. The van der Waals surface area contributed by atoms with Gasteiger partial charge in [0, 0.05) is 49.7 Å². The van der Waals surface area contributed by atoms with E-state index in [0.29, 0.717) is 19.0 Å². The van der Waals surface area contributed by atoms with Crippen molar-refractivity contribution in [2.75, 3.05) is 25.0 Å². The Morgan fingerprint density at radius 3 is 2.15 bits per heavy atom. The van der Waals surface area contributed by atoms with Crippen LogP contribution in [0.1, 0.15) is 29.7 Å². The fourth-order valence-corrected chi connectivity index (χ4v) is 5.71. The molecule has 0 saturated carbocycles. The summed E-state index contributed by atoms with van der Waals surface area (Å²) < 4.78 is 88.6. The molecular weight excluding hydrogens is 564 g/mol. The van der Waals surface area contributed by atoms with Crippen molar-refractivity contribution in [2.24, 2.45) is 0 Å². The Hall–Kier alpha value is -3.54. The van der Waals surface area contributed by atoms with E-state index >= 15 is 0 Å². The molecule has 2 aromatic rings. The summed E-state index contributed by atoms with van der Waals surface area (Å²) in [4.78, 5) is 33.0. The molecule has 0 amide bonds. The molecule has 39 heavy (non-hydrogen) atoms. The maximum Gasteiger partial charge on any atom is 0.490 e. The predicted molar refractivity (Wildman–Crippen MR) is 122 cm³/mol. The normalized spacial score (nSPS) is 19.8. The number of nitrogens with zero attached hydrogens (tertiary/aromatic N) is 4. The second-order valence-corrected chi connectivity index (χ2v) is 10.4. The second-order valence-electron chi connectivity index (χ2n) is 8.23. The lowest BCUT2D eigenvalue weighted by atomic mass is 10.00. The summed E-state index contributed by atoms with van der Waals surface area (Å²) in [6.07, 6.45) is -4.97. The van der Waals surface area contributed by atoms with E-state index in [0.717, 1.165) is 29.9 Å². The lowest BCUT2D eigenvalue weighted by Gasteiger charge is -2.26. The molecular formula is C21H23F6N5O6S. The van der Waals surface area contributed by atoms with Gasteiger partial charge < -0.3 is 20.4 Å². The second kappa shape index (κ2) is 12.5. The number of anilines is 1. The zero-order chi connectivity index (χ0) is 29.6. The average Bonchev–Trinajstić information content (AvgIpc) is 3.29. The highest BCUT2D eigenvalue weighted by Crippen LogP contribution is 2.39. The van der Waals surface area contributed by atoms with Gasteiger partial charge in [-0.25, -0.2) is 28.0 Å². The molecule has 2 atom stereocenters. The number of aliphatic carboxylic acids is 2. The number of nitrogens with one attached hydrogen (secondary N) is 1. The summed E-state index contributed by atoms with van der Waals surface area (Å²) in [5.41, 5.74) is 2.67. The SMILES string of the molecule is CCN1C[C@@H]2c3nc(NCc4cccnc4)ncc3CS(=O)(=O)[C@@H]2C1.O=C(O)C(F)(F)F.O=C(O)C(F)(F)F. The van der Waals surface area contributed by atoms with Gasteiger partial charge in [0.15, 0.2) is 9.84 Å². The van der Waals surface area contributed by atoms with Crippen LogP contribution in [0.3, 0.4) is 0 Å². The largest absolute Gasteiger partial charge is 0.490 e.